The van der Waals surface area contributed by atoms with E-state index in [0.29, 0.717) is 0 Å². The number of para-hydroxylation sites is 4. The number of H-pyrrole nitrogens is 1. The highest BCUT2D eigenvalue weighted by atomic mass is 15.2. The van der Waals surface area contributed by atoms with Gasteiger partial charge in [0, 0.05) is 45.0 Å². The molecule has 1 aliphatic rings. The van der Waals surface area contributed by atoms with Gasteiger partial charge in [0.2, 0.25) is 0 Å². The largest absolute Gasteiger partial charge is 0.354 e. The molecule has 0 saturated heterocycles. The molecule has 0 unspecified atom stereocenters. The van der Waals surface area contributed by atoms with E-state index >= 15 is 0 Å². The summed E-state index contributed by atoms with van der Waals surface area (Å²) in [5.41, 5.74) is 21.0. The lowest BCUT2D eigenvalue weighted by atomic mass is 9.90. The second-order valence-corrected chi connectivity index (χ2v) is 14.2. The van der Waals surface area contributed by atoms with E-state index in [1.54, 1.807) is 0 Å². The van der Waals surface area contributed by atoms with E-state index in [-0.39, 0.29) is 0 Å². The minimum Gasteiger partial charge on any atom is -0.354 e. The van der Waals surface area contributed by atoms with Gasteiger partial charge < -0.3 is 9.88 Å². The van der Waals surface area contributed by atoms with Gasteiger partial charge in [-0.3, -0.25) is 0 Å². The molecule has 0 aliphatic heterocycles. The Kier molecular flexibility index (Phi) is 7.37. The maximum absolute atomic E-state index is 3.84. The van der Waals surface area contributed by atoms with E-state index in [1.165, 1.54) is 88.9 Å². The summed E-state index contributed by atoms with van der Waals surface area (Å²) in [5, 5.41) is 2.47. The predicted molar refractivity (Wildman–Crippen MR) is 225 cm³/mol. The molecule has 2 heteroatoms. The van der Waals surface area contributed by atoms with Crippen molar-refractivity contribution >= 4 is 38.9 Å². The molecular formula is C51H38N2. The molecule has 0 fully saturated rings. The SMILES string of the molecule is Cc1cc2c(c(N(c3ccccc3-c3ccccc3)c3c(-c4ccccc4)cccc3-c3cccc4c3[nH]c3ccccc34)c1C)Cc1ccccc1-2. The molecule has 2 nitrogen and oxygen atoms in total. The molecule has 0 amide bonds. The first-order valence-corrected chi connectivity index (χ1v) is 18.5. The number of nitrogens with one attached hydrogen (secondary N) is 1. The van der Waals surface area contributed by atoms with Crippen molar-refractivity contribution in [2.75, 3.05) is 4.90 Å². The van der Waals surface area contributed by atoms with Gasteiger partial charge in [-0.15, -0.1) is 0 Å². The Morgan fingerprint density at radius 3 is 1.85 bits per heavy atom. The van der Waals surface area contributed by atoms with Crippen LogP contribution in [0.1, 0.15) is 22.3 Å². The van der Waals surface area contributed by atoms with Crippen LogP contribution in [-0.4, -0.2) is 4.98 Å². The number of aromatic nitrogens is 1. The number of aromatic amines is 1. The summed E-state index contributed by atoms with van der Waals surface area (Å²) in [6.07, 6.45) is 0.881. The summed E-state index contributed by atoms with van der Waals surface area (Å²) in [6.45, 7) is 4.59. The molecule has 1 N–H and O–H groups in total. The number of hydrogen-bond acceptors (Lipinski definition) is 1. The molecule has 1 aromatic heterocycles. The summed E-state index contributed by atoms with van der Waals surface area (Å²) in [5.74, 6) is 0. The van der Waals surface area contributed by atoms with Crippen LogP contribution in [-0.2, 0) is 6.42 Å². The maximum atomic E-state index is 3.84. The Balaban J connectivity index is 1.37. The number of hydrogen-bond donors (Lipinski definition) is 1. The highest BCUT2D eigenvalue weighted by Gasteiger charge is 2.32. The van der Waals surface area contributed by atoms with Gasteiger partial charge in [0.25, 0.3) is 0 Å². The fourth-order valence-electron chi connectivity index (χ4n) is 8.64. The number of fused-ring (bicyclic) bond motifs is 6. The second-order valence-electron chi connectivity index (χ2n) is 14.2. The van der Waals surface area contributed by atoms with Crippen molar-refractivity contribution in [3.05, 3.63) is 198 Å². The first kappa shape index (κ1) is 31.1. The van der Waals surface area contributed by atoms with Crippen molar-refractivity contribution < 1.29 is 0 Å². The van der Waals surface area contributed by atoms with Crippen LogP contribution in [0.15, 0.2) is 176 Å². The zero-order valence-electron chi connectivity index (χ0n) is 29.9. The van der Waals surface area contributed by atoms with E-state index in [1.807, 2.05) is 0 Å². The highest BCUT2D eigenvalue weighted by molar-refractivity contribution is 6.14. The normalized spacial score (nSPS) is 11.9. The number of rotatable bonds is 6. The smallest absolute Gasteiger partial charge is 0.0619 e. The molecule has 1 heterocycles. The Hall–Kier alpha value is -6.64. The molecule has 0 atom stereocenters. The van der Waals surface area contributed by atoms with Gasteiger partial charge in [-0.05, 0) is 70.5 Å². The van der Waals surface area contributed by atoms with Crippen LogP contribution in [0.2, 0.25) is 0 Å². The standard InChI is InChI=1S/C51H38N2/c1-33-31-45-38-22-10-9-21-37(38)32-46(45)50(34(33)2)53(48-30-14-12-23-39(48)35-17-5-3-6-18-35)51-40(36-19-7-4-8-20-36)25-15-28-44(51)43-27-16-26-42-41-24-11-13-29-47(41)52-49(42)43/h3-31,52H,32H2,1-2H3. The Morgan fingerprint density at radius 2 is 1.04 bits per heavy atom. The first-order chi connectivity index (χ1) is 26.2. The Labute approximate surface area is 310 Å². The number of aryl methyl sites for hydroxylation is 1. The van der Waals surface area contributed by atoms with Crippen molar-refractivity contribution in [3.63, 3.8) is 0 Å². The molecule has 8 aromatic carbocycles. The number of nitrogens with zero attached hydrogens (tertiary/aromatic N) is 1. The molecule has 0 saturated carbocycles. The first-order valence-electron chi connectivity index (χ1n) is 18.5. The number of anilines is 3. The van der Waals surface area contributed by atoms with Crippen LogP contribution in [0.25, 0.3) is 66.3 Å². The monoisotopic (exact) mass is 678 g/mol. The van der Waals surface area contributed by atoms with E-state index in [4.69, 9.17) is 0 Å². The third-order valence-corrected chi connectivity index (χ3v) is 11.2. The lowest BCUT2D eigenvalue weighted by molar-refractivity contribution is 1.16. The Morgan fingerprint density at radius 1 is 0.453 bits per heavy atom. The second kappa shape index (κ2) is 12.5. The zero-order valence-corrected chi connectivity index (χ0v) is 29.9. The summed E-state index contributed by atoms with van der Waals surface area (Å²) < 4.78 is 0. The van der Waals surface area contributed by atoms with Crippen molar-refractivity contribution in [2.24, 2.45) is 0 Å². The van der Waals surface area contributed by atoms with Crippen molar-refractivity contribution in [2.45, 2.75) is 20.3 Å². The molecule has 53 heavy (non-hydrogen) atoms. The van der Waals surface area contributed by atoms with Crippen LogP contribution in [0.5, 0.6) is 0 Å². The molecule has 252 valence electrons. The molecule has 10 rings (SSSR count). The minimum absolute atomic E-state index is 0.881. The molecule has 0 radical (unpaired) electrons. The quantitative estimate of drug-likeness (QED) is 0.185. The molecular weight excluding hydrogens is 641 g/mol. The van der Waals surface area contributed by atoms with E-state index in [0.717, 1.165) is 23.1 Å². The lowest BCUT2D eigenvalue weighted by Gasteiger charge is -2.35. The minimum atomic E-state index is 0.881. The van der Waals surface area contributed by atoms with Gasteiger partial charge in [-0.25, -0.2) is 0 Å². The highest BCUT2D eigenvalue weighted by Crippen LogP contribution is 2.54. The zero-order chi connectivity index (χ0) is 35.5. The molecule has 9 aromatic rings. The van der Waals surface area contributed by atoms with Gasteiger partial charge >= 0.3 is 0 Å². The van der Waals surface area contributed by atoms with Gasteiger partial charge in [-0.2, -0.15) is 0 Å². The summed E-state index contributed by atoms with van der Waals surface area (Å²) in [4.78, 5) is 6.46. The average Bonchev–Trinajstić information content (AvgIpc) is 3.78. The van der Waals surface area contributed by atoms with Crippen LogP contribution >= 0.6 is 0 Å². The topological polar surface area (TPSA) is 19.0 Å². The van der Waals surface area contributed by atoms with Gasteiger partial charge in [0.15, 0.2) is 0 Å². The van der Waals surface area contributed by atoms with Crippen LogP contribution in [0, 0.1) is 13.8 Å². The molecule has 0 bridgehead atoms. The summed E-state index contributed by atoms with van der Waals surface area (Å²) in [7, 11) is 0. The van der Waals surface area contributed by atoms with Gasteiger partial charge in [0.05, 0.1) is 22.6 Å². The predicted octanol–water partition coefficient (Wildman–Crippen LogP) is 14.0. The Bertz CT molecular complexity index is 2830. The average molecular weight is 679 g/mol. The summed E-state index contributed by atoms with van der Waals surface area (Å²) >= 11 is 0. The third kappa shape index (κ3) is 5.02. The van der Waals surface area contributed by atoms with E-state index < -0.39 is 0 Å². The third-order valence-electron chi connectivity index (χ3n) is 11.2. The van der Waals surface area contributed by atoms with Crippen LogP contribution < -0.4 is 4.90 Å². The van der Waals surface area contributed by atoms with Crippen LogP contribution in [0.3, 0.4) is 0 Å². The van der Waals surface area contributed by atoms with Crippen molar-refractivity contribution in [1.29, 1.82) is 0 Å². The van der Waals surface area contributed by atoms with Gasteiger partial charge in [0.1, 0.15) is 0 Å². The fraction of sp³-hybridized carbons (Fsp3) is 0.0588. The molecule has 1 aliphatic carbocycles. The van der Waals surface area contributed by atoms with E-state index in [2.05, 4.69) is 200 Å². The van der Waals surface area contributed by atoms with E-state index in [9.17, 15) is 0 Å². The molecule has 0 spiro atoms. The lowest BCUT2D eigenvalue weighted by Crippen LogP contribution is -2.17. The fourth-order valence-corrected chi connectivity index (χ4v) is 8.64. The van der Waals surface area contributed by atoms with Crippen molar-refractivity contribution in [1.82, 2.24) is 4.98 Å². The number of benzene rings is 8. The maximum Gasteiger partial charge on any atom is 0.0619 e. The van der Waals surface area contributed by atoms with Gasteiger partial charge in [-0.1, -0.05) is 164 Å². The van der Waals surface area contributed by atoms with Crippen molar-refractivity contribution in [3.8, 4) is 44.5 Å². The summed E-state index contributed by atoms with van der Waals surface area (Å²) in [6, 6.07) is 64.3. The van der Waals surface area contributed by atoms with Crippen LogP contribution in [0.4, 0.5) is 17.1 Å².